The van der Waals surface area contributed by atoms with Gasteiger partial charge in [0.25, 0.3) is 11.8 Å². The molecule has 2 heterocycles. The summed E-state index contributed by atoms with van der Waals surface area (Å²) in [7, 11) is 0. The highest BCUT2D eigenvalue weighted by atomic mass is 35.5. The van der Waals surface area contributed by atoms with Crippen LogP contribution in [0.25, 0.3) is 5.69 Å². The topological polar surface area (TPSA) is 118 Å². The van der Waals surface area contributed by atoms with E-state index in [4.69, 9.17) is 11.6 Å². The van der Waals surface area contributed by atoms with Crippen molar-refractivity contribution in [1.29, 1.82) is 0 Å². The number of carbonyl (C=O) groups excluding carboxylic acids is 3. The second kappa shape index (κ2) is 6.31. The maximum absolute atomic E-state index is 13.6. The number of hydrogen-bond donors (Lipinski definition) is 3. The first-order valence-electron chi connectivity index (χ1n) is 8.18. The van der Waals surface area contributed by atoms with E-state index in [-0.39, 0.29) is 23.2 Å². The minimum absolute atomic E-state index is 0.0129. The van der Waals surface area contributed by atoms with Gasteiger partial charge in [-0.2, -0.15) is 9.90 Å². The second-order valence-electron chi connectivity index (χ2n) is 6.45. The van der Waals surface area contributed by atoms with Gasteiger partial charge in [-0.25, -0.2) is 9.18 Å². The SMILES string of the molecule is O=C1NC(=O)[C@](CNC(=O)c2cnn(-c3ccc(Cl)c(F)c3)n2)(C2CC2)N1. The van der Waals surface area contributed by atoms with Crippen LogP contribution in [0.1, 0.15) is 23.3 Å². The highest BCUT2D eigenvalue weighted by molar-refractivity contribution is 6.30. The number of nitrogens with one attached hydrogen (secondary N) is 3. The minimum Gasteiger partial charge on any atom is -0.348 e. The lowest BCUT2D eigenvalue weighted by Crippen LogP contribution is -2.57. The third-order valence-corrected chi connectivity index (χ3v) is 4.94. The van der Waals surface area contributed by atoms with E-state index in [1.807, 2.05) is 0 Å². The fourth-order valence-electron chi connectivity index (χ4n) is 3.05. The highest BCUT2D eigenvalue weighted by Gasteiger charge is 2.56. The molecule has 9 nitrogen and oxygen atoms in total. The van der Waals surface area contributed by atoms with Crippen molar-refractivity contribution in [2.45, 2.75) is 18.4 Å². The van der Waals surface area contributed by atoms with Crippen LogP contribution in [0.5, 0.6) is 0 Å². The molecule has 1 aliphatic carbocycles. The molecule has 2 fully saturated rings. The molecule has 0 spiro atoms. The lowest BCUT2D eigenvalue weighted by molar-refractivity contribution is -0.124. The van der Waals surface area contributed by atoms with E-state index in [9.17, 15) is 18.8 Å². The Morgan fingerprint density at radius 1 is 1.41 bits per heavy atom. The van der Waals surface area contributed by atoms with Gasteiger partial charge in [0, 0.05) is 6.07 Å². The predicted molar refractivity (Wildman–Crippen MR) is 90.8 cm³/mol. The zero-order valence-corrected chi connectivity index (χ0v) is 14.6. The molecule has 4 rings (SSSR count). The Morgan fingerprint density at radius 2 is 2.19 bits per heavy atom. The molecule has 1 aromatic carbocycles. The Labute approximate surface area is 157 Å². The van der Waals surface area contributed by atoms with Crippen molar-refractivity contribution in [1.82, 2.24) is 30.9 Å². The van der Waals surface area contributed by atoms with Gasteiger partial charge in [-0.05, 0) is 30.9 Å². The first-order valence-corrected chi connectivity index (χ1v) is 8.56. The molecule has 1 saturated carbocycles. The highest BCUT2D eigenvalue weighted by Crippen LogP contribution is 2.41. The Hall–Kier alpha value is -3.01. The van der Waals surface area contributed by atoms with Crippen LogP contribution in [0.2, 0.25) is 5.02 Å². The molecular weight excluding hydrogens is 379 g/mol. The number of carbonyl (C=O) groups is 3. The lowest BCUT2D eigenvalue weighted by Gasteiger charge is -2.25. The van der Waals surface area contributed by atoms with Gasteiger partial charge in [-0.1, -0.05) is 11.6 Å². The van der Waals surface area contributed by atoms with Crippen LogP contribution < -0.4 is 16.0 Å². The van der Waals surface area contributed by atoms with Crippen LogP contribution >= 0.6 is 11.6 Å². The van der Waals surface area contributed by atoms with Crippen LogP contribution in [0.3, 0.4) is 0 Å². The summed E-state index contributed by atoms with van der Waals surface area (Å²) in [6.07, 6.45) is 2.81. The Bertz CT molecular complexity index is 959. The summed E-state index contributed by atoms with van der Waals surface area (Å²) < 4.78 is 13.6. The van der Waals surface area contributed by atoms with Crippen LogP contribution in [0.15, 0.2) is 24.4 Å². The molecule has 1 aliphatic heterocycles. The smallest absolute Gasteiger partial charge is 0.322 e. The number of halogens is 2. The van der Waals surface area contributed by atoms with E-state index in [0.717, 1.165) is 23.7 Å². The summed E-state index contributed by atoms with van der Waals surface area (Å²) >= 11 is 5.64. The normalized spacial score (nSPS) is 21.7. The van der Waals surface area contributed by atoms with Crippen LogP contribution in [-0.4, -0.2) is 44.9 Å². The average Bonchev–Trinajstić information content (AvgIpc) is 3.29. The van der Waals surface area contributed by atoms with E-state index < -0.39 is 29.2 Å². The fraction of sp³-hybridized carbons (Fsp3) is 0.312. The standard InChI is InChI=1S/C16H14ClFN6O3/c17-10-4-3-9(5-11(10)18)24-20-6-12(23-24)13(25)19-7-16(8-1-2-8)14(26)21-15(27)22-16/h3-6,8H,1-2,7H2,(H,19,25)(H2,21,22,26,27)/t16-/m0/s1. The molecular formula is C16H14ClFN6O3. The molecule has 11 heteroatoms. The summed E-state index contributed by atoms with van der Waals surface area (Å²) in [5.41, 5.74) is -0.851. The van der Waals surface area contributed by atoms with Crippen LogP contribution in [-0.2, 0) is 4.79 Å². The maximum Gasteiger partial charge on any atom is 0.322 e. The molecule has 1 aromatic heterocycles. The van der Waals surface area contributed by atoms with Gasteiger partial charge in [0.05, 0.1) is 23.5 Å². The average molecular weight is 393 g/mol. The number of hydrogen-bond acceptors (Lipinski definition) is 5. The molecule has 140 valence electrons. The van der Waals surface area contributed by atoms with Crippen molar-refractivity contribution in [3.8, 4) is 5.69 Å². The molecule has 0 bridgehead atoms. The van der Waals surface area contributed by atoms with Gasteiger partial charge in [0.1, 0.15) is 11.4 Å². The Kier molecular flexibility index (Phi) is 4.06. The van der Waals surface area contributed by atoms with Crippen LogP contribution in [0.4, 0.5) is 9.18 Å². The second-order valence-corrected chi connectivity index (χ2v) is 6.86. The zero-order chi connectivity index (χ0) is 19.2. The number of imide groups is 1. The van der Waals surface area contributed by atoms with E-state index in [1.54, 1.807) is 0 Å². The molecule has 4 amide bonds. The van der Waals surface area contributed by atoms with Gasteiger partial charge < -0.3 is 10.6 Å². The summed E-state index contributed by atoms with van der Waals surface area (Å²) in [6.45, 7) is -0.0590. The van der Waals surface area contributed by atoms with E-state index in [0.29, 0.717) is 5.69 Å². The first-order chi connectivity index (χ1) is 12.9. The number of aromatic nitrogens is 3. The molecule has 2 aliphatic rings. The van der Waals surface area contributed by atoms with E-state index in [2.05, 4.69) is 26.1 Å². The Balaban J connectivity index is 1.47. The number of urea groups is 1. The maximum atomic E-state index is 13.6. The summed E-state index contributed by atoms with van der Waals surface area (Å²) in [5, 5.41) is 15.4. The fourth-order valence-corrected chi connectivity index (χ4v) is 3.17. The number of nitrogens with zero attached hydrogens (tertiary/aromatic N) is 3. The van der Waals surface area contributed by atoms with Gasteiger partial charge in [0.2, 0.25) is 0 Å². The molecule has 0 unspecified atom stereocenters. The van der Waals surface area contributed by atoms with Crippen LogP contribution in [0, 0.1) is 11.7 Å². The van der Waals surface area contributed by atoms with E-state index in [1.165, 1.54) is 18.3 Å². The third kappa shape index (κ3) is 3.12. The summed E-state index contributed by atoms with van der Waals surface area (Å²) in [4.78, 5) is 37.1. The van der Waals surface area contributed by atoms with Crippen molar-refractivity contribution in [2.24, 2.45) is 5.92 Å². The van der Waals surface area contributed by atoms with Gasteiger partial charge in [0.15, 0.2) is 5.69 Å². The number of rotatable bonds is 5. The van der Waals surface area contributed by atoms with Gasteiger partial charge in [-0.15, -0.1) is 5.10 Å². The zero-order valence-electron chi connectivity index (χ0n) is 13.8. The van der Waals surface area contributed by atoms with Crippen molar-refractivity contribution in [3.63, 3.8) is 0 Å². The molecule has 1 atom stereocenters. The Morgan fingerprint density at radius 3 is 2.81 bits per heavy atom. The van der Waals surface area contributed by atoms with Gasteiger partial charge >= 0.3 is 6.03 Å². The number of benzene rings is 1. The van der Waals surface area contributed by atoms with Crippen molar-refractivity contribution < 1.29 is 18.8 Å². The molecule has 2 aromatic rings. The summed E-state index contributed by atoms with van der Waals surface area (Å²) in [6, 6.07) is 3.44. The van der Waals surface area contributed by atoms with Crippen molar-refractivity contribution >= 4 is 29.4 Å². The predicted octanol–water partition coefficient (Wildman–Crippen LogP) is 0.778. The summed E-state index contributed by atoms with van der Waals surface area (Å²) in [5.74, 6) is -1.66. The largest absolute Gasteiger partial charge is 0.348 e. The number of amides is 4. The monoisotopic (exact) mass is 392 g/mol. The molecule has 27 heavy (non-hydrogen) atoms. The third-order valence-electron chi connectivity index (χ3n) is 4.63. The van der Waals surface area contributed by atoms with Crippen molar-refractivity contribution in [3.05, 3.63) is 40.9 Å². The molecule has 1 saturated heterocycles. The molecule has 0 radical (unpaired) electrons. The van der Waals surface area contributed by atoms with Crippen molar-refractivity contribution in [2.75, 3.05) is 6.54 Å². The lowest BCUT2D eigenvalue weighted by atomic mass is 9.93. The van der Waals surface area contributed by atoms with Gasteiger partial charge in [-0.3, -0.25) is 14.9 Å². The van der Waals surface area contributed by atoms with E-state index >= 15 is 0 Å². The quantitative estimate of drug-likeness (QED) is 0.650. The minimum atomic E-state index is -1.14. The molecule has 3 N–H and O–H groups in total. The first kappa shape index (κ1) is 17.4.